The number of nitrogens with one attached hydrogen (secondary N) is 1. The van der Waals surface area contributed by atoms with E-state index in [1.54, 1.807) is 0 Å². The minimum absolute atomic E-state index is 0.285. The number of para-hydroxylation sites is 1. The van der Waals surface area contributed by atoms with Crippen LogP contribution in [0.3, 0.4) is 0 Å². The zero-order valence-corrected chi connectivity index (χ0v) is 9.06. The van der Waals surface area contributed by atoms with Crippen LogP contribution < -0.4 is 5.32 Å². The van der Waals surface area contributed by atoms with Crippen molar-refractivity contribution in [3.63, 3.8) is 0 Å². The molecule has 0 aliphatic carbocycles. The highest BCUT2D eigenvalue weighted by Gasteiger charge is 2.33. The topological polar surface area (TPSA) is 29.1 Å². The highest BCUT2D eigenvalue weighted by atomic mass is 35.5. The molecule has 2 nitrogen and oxygen atoms in total. The largest absolute Gasteiger partial charge is 0.418 e. The van der Waals surface area contributed by atoms with E-state index in [-0.39, 0.29) is 5.69 Å². The number of benzene rings is 1. The summed E-state index contributed by atoms with van der Waals surface area (Å²) in [5.41, 5.74) is -1.17. The van der Waals surface area contributed by atoms with Crippen molar-refractivity contribution in [2.24, 2.45) is 0 Å². The number of carbonyl (C=O) groups is 1. The van der Waals surface area contributed by atoms with Gasteiger partial charge in [0.05, 0.1) is 11.3 Å². The summed E-state index contributed by atoms with van der Waals surface area (Å²) >= 11 is 5.45. The number of carbonyl (C=O) groups excluding carboxylic acids is 1. The summed E-state index contributed by atoms with van der Waals surface area (Å²) in [5.74, 6) is -0.668. The lowest BCUT2D eigenvalue weighted by Gasteiger charge is -2.13. The van der Waals surface area contributed by atoms with Gasteiger partial charge >= 0.3 is 6.18 Å². The lowest BCUT2D eigenvalue weighted by molar-refractivity contribution is -0.137. The van der Waals surface area contributed by atoms with Crippen LogP contribution in [0.4, 0.5) is 18.9 Å². The van der Waals surface area contributed by atoms with E-state index in [4.69, 9.17) is 11.6 Å². The number of amides is 1. The van der Waals surface area contributed by atoms with E-state index in [9.17, 15) is 18.0 Å². The van der Waals surface area contributed by atoms with E-state index in [0.29, 0.717) is 0 Å². The van der Waals surface area contributed by atoms with Crippen LogP contribution in [0.15, 0.2) is 24.3 Å². The maximum absolute atomic E-state index is 12.5. The summed E-state index contributed by atoms with van der Waals surface area (Å²) in [6.07, 6.45) is -4.50. The van der Waals surface area contributed by atoms with Gasteiger partial charge in [-0.15, -0.1) is 11.6 Å². The SMILES string of the molecule is CC(Cl)C(=O)Nc1ccccc1C(F)(F)F. The van der Waals surface area contributed by atoms with Crippen molar-refractivity contribution in [2.45, 2.75) is 18.5 Å². The molecule has 1 N–H and O–H groups in total. The van der Waals surface area contributed by atoms with Gasteiger partial charge in [0.25, 0.3) is 0 Å². The Labute approximate surface area is 95.4 Å². The maximum atomic E-state index is 12.5. The van der Waals surface area contributed by atoms with Gasteiger partial charge in [-0.25, -0.2) is 0 Å². The Morgan fingerprint density at radius 3 is 2.44 bits per heavy atom. The predicted octanol–water partition coefficient (Wildman–Crippen LogP) is 3.27. The van der Waals surface area contributed by atoms with Crippen molar-refractivity contribution in [3.8, 4) is 0 Å². The van der Waals surface area contributed by atoms with Crippen LogP contribution in [-0.4, -0.2) is 11.3 Å². The van der Waals surface area contributed by atoms with Gasteiger partial charge in [0.15, 0.2) is 0 Å². The molecule has 0 aliphatic heterocycles. The first-order valence-electron chi connectivity index (χ1n) is 4.43. The molecule has 1 amide bonds. The molecular formula is C10H9ClF3NO. The molecule has 1 aromatic rings. The van der Waals surface area contributed by atoms with Gasteiger partial charge < -0.3 is 5.32 Å². The third kappa shape index (κ3) is 3.13. The monoisotopic (exact) mass is 251 g/mol. The number of hydrogen-bond acceptors (Lipinski definition) is 1. The summed E-state index contributed by atoms with van der Waals surface area (Å²) < 4.78 is 37.5. The zero-order valence-electron chi connectivity index (χ0n) is 8.31. The Bertz CT molecular complexity index is 390. The summed E-state index contributed by atoms with van der Waals surface area (Å²) in [6, 6.07) is 4.74. The molecule has 88 valence electrons. The Hall–Kier alpha value is -1.23. The highest BCUT2D eigenvalue weighted by Crippen LogP contribution is 2.34. The lowest BCUT2D eigenvalue weighted by atomic mass is 10.1. The van der Waals surface area contributed by atoms with E-state index < -0.39 is 23.0 Å². The zero-order chi connectivity index (χ0) is 12.3. The van der Waals surface area contributed by atoms with Crippen molar-refractivity contribution in [1.82, 2.24) is 0 Å². The van der Waals surface area contributed by atoms with Crippen molar-refractivity contribution < 1.29 is 18.0 Å². The molecule has 1 aromatic carbocycles. The second kappa shape index (κ2) is 4.74. The van der Waals surface area contributed by atoms with Gasteiger partial charge in [0.1, 0.15) is 5.38 Å². The first-order chi connectivity index (χ1) is 7.32. The van der Waals surface area contributed by atoms with Crippen molar-refractivity contribution in [2.75, 3.05) is 5.32 Å². The Morgan fingerprint density at radius 1 is 1.38 bits per heavy atom. The highest BCUT2D eigenvalue weighted by molar-refractivity contribution is 6.32. The van der Waals surface area contributed by atoms with Gasteiger partial charge in [-0.05, 0) is 19.1 Å². The van der Waals surface area contributed by atoms with Gasteiger partial charge in [0.2, 0.25) is 5.91 Å². The van der Waals surface area contributed by atoms with Crippen molar-refractivity contribution in [1.29, 1.82) is 0 Å². The molecule has 0 saturated heterocycles. The Morgan fingerprint density at radius 2 is 1.94 bits per heavy atom. The van der Waals surface area contributed by atoms with Crippen molar-refractivity contribution in [3.05, 3.63) is 29.8 Å². The second-order valence-corrected chi connectivity index (χ2v) is 3.80. The fourth-order valence-corrected chi connectivity index (χ4v) is 1.13. The predicted molar refractivity (Wildman–Crippen MR) is 55.4 cm³/mol. The van der Waals surface area contributed by atoms with Crippen LogP contribution in [0.1, 0.15) is 12.5 Å². The standard InChI is InChI=1S/C10H9ClF3NO/c1-6(11)9(16)15-8-5-3-2-4-7(8)10(12,13)14/h2-6H,1H3,(H,15,16). The molecule has 1 unspecified atom stereocenters. The number of hydrogen-bond donors (Lipinski definition) is 1. The van der Waals surface area contributed by atoms with Crippen LogP contribution >= 0.6 is 11.6 Å². The first kappa shape index (κ1) is 12.8. The Balaban J connectivity index is 3.01. The third-order valence-corrected chi connectivity index (χ3v) is 2.05. The molecule has 1 atom stereocenters. The number of alkyl halides is 4. The molecule has 0 aliphatic rings. The van der Waals surface area contributed by atoms with Gasteiger partial charge in [-0.3, -0.25) is 4.79 Å². The average Bonchev–Trinajstić information content (AvgIpc) is 2.16. The van der Waals surface area contributed by atoms with E-state index in [2.05, 4.69) is 5.32 Å². The number of halogens is 4. The third-order valence-electron chi connectivity index (χ3n) is 1.85. The Kier molecular flexibility index (Phi) is 3.80. The number of rotatable bonds is 2. The second-order valence-electron chi connectivity index (χ2n) is 3.15. The summed E-state index contributed by atoms with van der Waals surface area (Å²) in [7, 11) is 0. The van der Waals surface area contributed by atoms with Crippen molar-refractivity contribution >= 4 is 23.2 Å². The molecule has 0 saturated carbocycles. The van der Waals surface area contributed by atoms with Crippen LogP contribution in [-0.2, 0) is 11.0 Å². The quantitative estimate of drug-likeness (QED) is 0.803. The molecule has 0 spiro atoms. The van der Waals surface area contributed by atoms with Crippen LogP contribution in [0.2, 0.25) is 0 Å². The van der Waals surface area contributed by atoms with E-state index >= 15 is 0 Å². The summed E-state index contributed by atoms with van der Waals surface area (Å²) in [5, 5.41) is 1.24. The molecule has 1 rings (SSSR count). The summed E-state index contributed by atoms with van der Waals surface area (Å²) in [4.78, 5) is 11.2. The van der Waals surface area contributed by atoms with Crippen LogP contribution in [0.5, 0.6) is 0 Å². The van der Waals surface area contributed by atoms with Gasteiger partial charge in [0, 0.05) is 0 Å². The minimum Gasteiger partial charge on any atom is -0.324 e. The molecule has 0 bridgehead atoms. The van der Waals surface area contributed by atoms with E-state index in [1.165, 1.54) is 25.1 Å². The number of anilines is 1. The maximum Gasteiger partial charge on any atom is 0.418 e. The lowest BCUT2D eigenvalue weighted by Crippen LogP contribution is -2.22. The molecule has 0 aromatic heterocycles. The summed E-state index contributed by atoms with van der Waals surface area (Å²) in [6.45, 7) is 1.38. The molecule has 16 heavy (non-hydrogen) atoms. The molecule has 0 heterocycles. The minimum atomic E-state index is -4.50. The molecule has 0 fully saturated rings. The molecule has 6 heteroatoms. The van der Waals surface area contributed by atoms with Crippen LogP contribution in [0, 0.1) is 0 Å². The van der Waals surface area contributed by atoms with Gasteiger partial charge in [-0.2, -0.15) is 13.2 Å². The average molecular weight is 252 g/mol. The fraction of sp³-hybridized carbons (Fsp3) is 0.300. The normalized spacial score (nSPS) is 13.3. The molecular weight excluding hydrogens is 243 g/mol. The molecule has 0 radical (unpaired) electrons. The smallest absolute Gasteiger partial charge is 0.324 e. The fourth-order valence-electron chi connectivity index (χ4n) is 1.07. The van der Waals surface area contributed by atoms with E-state index in [1.807, 2.05) is 0 Å². The van der Waals surface area contributed by atoms with Gasteiger partial charge in [-0.1, -0.05) is 12.1 Å². The van der Waals surface area contributed by atoms with Crippen LogP contribution in [0.25, 0.3) is 0 Å². The van der Waals surface area contributed by atoms with E-state index in [0.717, 1.165) is 6.07 Å². The first-order valence-corrected chi connectivity index (χ1v) is 4.87.